The number of nitrogens with one attached hydrogen (secondary N) is 1. The second-order valence-corrected chi connectivity index (χ2v) is 7.42. The van der Waals surface area contributed by atoms with Crippen LogP contribution in [0.4, 0.5) is 10.1 Å². The van der Waals surface area contributed by atoms with Gasteiger partial charge in [-0.25, -0.2) is 4.39 Å². The fraction of sp³-hybridized carbons (Fsp3) is 0.300. The van der Waals surface area contributed by atoms with Gasteiger partial charge in [-0.05, 0) is 37.1 Å². The van der Waals surface area contributed by atoms with Crippen molar-refractivity contribution in [1.29, 1.82) is 0 Å². The van der Waals surface area contributed by atoms with E-state index < -0.39 is 11.9 Å². The zero-order valence-electron chi connectivity index (χ0n) is 14.7. The third-order valence-corrected chi connectivity index (χ3v) is 5.94. The van der Waals surface area contributed by atoms with Gasteiger partial charge in [0.05, 0.1) is 11.1 Å². The molecule has 26 heavy (non-hydrogen) atoms. The predicted octanol–water partition coefficient (Wildman–Crippen LogP) is 4.07. The molecule has 1 saturated heterocycles. The summed E-state index contributed by atoms with van der Waals surface area (Å²) in [5.41, 5.74) is 1.60. The first-order valence-corrected chi connectivity index (χ1v) is 9.63. The van der Waals surface area contributed by atoms with Gasteiger partial charge in [0.15, 0.2) is 0 Å². The summed E-state index contributed by atoms with van der Waals surface area (Å²) in [7, 11) is 0. The molecule has 1 fully saturated rings. The minimum Gasteiger partial charge on any atom is -0.322 e. The first-order chi connectivity index (χ1) is 12.5. The van der Waals surface area contributed by atoms with Crippen LogP contribution in [0.15, 0.2) is 48.5 Å². The molecule has 3 rings (SSSR count). The summed E-state index contributed by atoms with van der Waals surface area (Å²) in [6, 6.07) is 12.8. The maximum Gasteiger partial charge on any atom is 0.255 e. The van der Waals surface area contributed by atoms with Crippen LogP contribution in [0, 0.1) is 12.7 Å². The highest BCUT2D eigenvalue weighted by Crippen LogP contribution is 2.33. The fourth-order valence-electron chi connectivity index (χ4n) is 3.08. The van der Waals surface area contributed by atoms with Gasteiger partial charge in [-0.1, -0.05) is 37.3 Å². The first-order valence-electron chi connectivity index (χ1n) is 8.58. The Balaban J connectivity index is 1.86. The van der Waals surface area contributed by atoms with Gasteiger partial charge in [-0.15, -0.1) is 11.8 Å². The number of anilines is 1. The van der Waals surface area contributed by atoms with Gasteiger partial charge < -0.3 is 10.2 Å². The average Bonchev–Trinajstić information content (AvgIpc) is 3.07. The van der Waals surface area contributed by atoms with Gasteiger partial charge in [0.25, 0.3) is 5.91 Å². The lowest BCUT2D eigenvalue weighted by Gasteiger charge is -2.29. The molecule has 1 aliphatic rings. The minimum atomic E-state index is -0.628. The zero-order chi connectivity index (χ0) is 18.7. The normalized spacial score (nSPS) is 19.4. The third kappa shape index (κ3) is 3.60. The van der Waals surface area contributed by atoms with Crippen LogP contribution in [0.5, 0.6) is 0 Å². The van der Waals surface area contributed by atoms with E-state index in [1.807, 2.05) is 32.0 Å². The van der Waals surface area contributed by atoms with Gasteiger partial charge in [-0.2, -0.15) is 0 Å². The van der Waals surface area contributed by atoms with Crippen LogP contribution in [-0.2, 0) is 4.79 Å². The lowest BCUT2D eigenvalue weighted by Crippen LogP contribution is -2.47. The third-order valence-electron chi connectivity index (χ3n) is 4.49. The number of benzene rings is 2. The maximum absolute atomic E-state index is 13.9. The second-order valence-electron chi connectivity index (χ2n) is 6.21. The van der Waals surface area contributed by atoms with Gasteiger partial charge in [-0.3, -0.25) is 9.59 Å². The molecule has 2 amide bonds. The van der Waals surface area contributed by atoms with Crippen molar-refractivity contribution in [2.45, 2.75) is 31.7 Å². The van der Waals surface area contributed by atoms with Crippen molar-refractivity contribution in [1.82, 2.24) is 4.90 Å². The van der Waals surface area contributed by atoms with Crippen molar-refractivity contribution in [2.24, 2.45) is 0 Å². The molecule has 136 valence electrons. The summed E-state index contributed by atoms with van der Waals surface area (Å²) in [4.78, 5) is 27.5. The maximum atomic E-state index is 13.9. The minimum absolute atomic E-state index is 0.0709. The number of halogens is 1. The average molecular weight is 372 g/mol. The highest BCUT2D eigenvalue weighted by Gasteiger charge is 2.41. The molecule has 6 heteroatoms. The summed E-state index contributed by atoms with van der Waals surface area (Å²) < 4.78 is 13.9. The van der Waals surface area contributed by atoms with Crippen LogP contribution in [0.25, 0.3) is 0 Å². The number of aryl methyl sites for hydroxylation is 1. The number of hydrogen-bond donors (Lipinski definition) is 1. The summed E-state index contributed by atoms with van der Waals surface area (Å²) in [5, 5.41) is 2.56. The highest BCUT2D eigenvalue weighted by molar-refractivity contribution is 8.00. The van der Waals surface area contributed by atoms with Crippen LogP contribution < -0.4 is 5.32 Å². The quantitative estimate of drug-likeness (QED) is 0.880. The molecule has 1 aliphatic heterocycles. The number of amides is 2. The summed E-state index contributed by atoms with van der Waals surface area (Å²) in [6.07, 6.45) is 0.742. The first kappa shape index (κ1) is 18.5. The standard InChI is InChI=1S/C20H21FN2O2S/c1-3-18-23(20(25)14-9-5-4-8-13(14)2)17(12-26-18)19(24)22-16-11-7-6-10-15(16)21/h4-11,17-18H,3,12H2,1-2H3,(H,22,24)/t17-,18+/m0/s1. The molecule has 1 N–H and O–H groups in total. The molecule has 0 aliphatic carbocycles. The monoisotopic (exact) mass is 372 g/mol. The SMILES string of the molecule is CC[C@H]1SC[C@@H](C(=O)Nc2ccccc2F)N1C(=O)c1ccccc1C. The Morgan fingerprint density at radius 3 is 2.58 bits per heavy atom. The van der Waals surface area contributed by atoms with Crippen molar-refractivity contribution >= 4 is 29.3 Å². The van der Waals surface area contributed by atoms with Crippen molar-refractivity contribution in [3.63, 3.8) is 0 Å². The van der Waals surface area contributed by atoms with Crippen molar-refractivity contribution < 1.29 is 14.0 Å². The molecule has 2 atom stereocenters. The Hall–Kier alpha value is -2.34. The van der Waals surface area contributed by atoms with E-state index in [4.69, 9.17) is 0 Å². The van der Waals surface area contributed by atoms with E-state index in [-0.39, 0.29) is 22.9 Å². The van der Waals surface area contributed by atoms with Gasteiger partial charge in [0, 0.05) is 11.3 Å². The Bertz CT molecular complexity index is 827. The molecule has 0 aromatic heterocycles. The molecule has 0 bridgehead atoms. The Morgan fingerprint density at radius 1 is 1.19 bits per heavy atom. The molecular formula is C20H21FN2O2S. The van der Waals surface area contributed by atoms with Gasteiger partial charge in [0.2, 0.25) is 5.91 Å². The van der Waals surface area contributed by atoms with Crippen LogP contribution in [0.2, 0.25) is 0 Å². The van der Waals surface area contributed by atoms with Gasteiger partial charge in [0.1, 0.15) is 11.9 Å². The van der Waals surface area contributed by atoms with Crippen LogP contribution in [0.3, 0.4) is 0 Å². The van der Waals surface area contributed by atoms with E-state index in [0.717, 1.165) is 12.0 Å². The van der Waals surface area contributed by atoms with E-state index in [2.05, 4.69) is 5.32 Å². The van der Waals surface area contributed by atoms with Crippen molar-refractivity contribution in [2.75, 3.05) is 11.1 Å². The summed E-state index contributed by atoms with van der Waals surface area (Å²) in [6.45, 7) is 3.87. The number of hydrogen-bond acceptors (Lipinski definition) is 3. The largest absolute Gasteiger partial charge is 0.322 e. The molecule has 2 aromatic carbocycles. The molecular weight excluding hydrogens is 351 g/mol. The summed E-state index contributed by atoms with van der Waals surface area (Å²) >= 11 is 1.58. The molecule has 0 unspecified atom stereocenters. The number of nitrogens with zero attached hydrogens (tertiary/aromatic N) is 1. The van der Waals surface area contributed by atoms with E-state index >= 15 is 0 Å². The van der Waals surface area contributed by atoms with E-state index in [0.29, 0.717) is 11.3 Å². The Morgan fingerprint density at radius 2 is 1.88 bits per heavy atom. The van der Waals surface area contributed by atoms with Crippen LogP contribution >= 0.6 is 11.8 Å². The number of carbonyl (C=O) groups excluding carboxylic acids is 2. The second kappa shape index (κ2) is 7.91. The van der Waals surface area contributed by atoms with E-state index in [1.54, 1.807) is 34.9 Å². The summed E-state index contributed by atoms with van der Waals surface area (Å²) in [5.74, 6) is -0.513. The van der Waals surface area contributed by atoms with Crippen LogP contribution in [0.1, 0.15) is 29.3 Å². The van der Waals surface area contributed by atoms with Gasteiger partial charge >= 0.3 is 0 Å². The molecule has 0 radical (unpaired) electrons. The molecule has 2 aromatic rings. The smallest absolute Gasteiger partial charge is 0.255 e. The van der Waals surface area contributed by atoms with E-state index in [1.165, 1.54) is 12.1 Å². The van der Waals surface area contributed by atoms with Crippen molar-refractivity contribution in [3.05, 3.63) is 65.5 Å². The lowest BCUT2D eigenvalue weighted by molar-refractivity contribution is -0.119. The molecule has 0 spiro atoms. The Kier molecular flexibility index (Phi) is 5.61. The molecule has 4 nitrogen and oxygen atoms in total. The van der Waals surface area contributed by atoms with Crippen LogP contribution in [-0.4, -0.2) is 33.9 Å². The number of rotatable bonds is 4. The molecule has 1 heterocycles. The fourth-order valence-corrected chi connectivity index (χ4v) is 4.44. The van der Waals surface area contributed by atoms with Crippen molar-refractivity contribution in [3.8, 4) is 0 Å². The predicted molar refractivity (Wildman–Crippen MR) is 103 cm³/mol. The highest BCUT2D eigenvalue weighted by atomic mass is 32.2. The Labute approximate surface area is 156 Å². The zero-order valence-corrected chi connectivity index (χ0v) is 15.6. The topological polar surface area (TPSA) is 49.4 Å². The van der Waals surface area contributed by atoms with E-state index in [9.17, 15) is 14.0 Å². The lowest BCUT2D eigenvalue weighted by atomic mass is 10.1. The molecule has 0 saturated carbocycles. The number of para-hydroxylation sites is 1. The number of thioether (sulfide) groups is 1. The number of carbonyl (C=O) groups is 2.